The first-order chi connectivity index (χ1) is 10.2. The second kappa shape index (κ2) is 7.84. The fourth-order valence-corrected chi connectivity index (χ4v) is 3.57. The first-order valence-electron chi connectivity index (χ1n) is 8.59. The molecule has 0 aliphatic heterocycles. The van der Waals surface area contributed by atoms with Gasteiger partial charge in [-0.2, -0.15) is 0 Å². The van der Waals surface area contributed by atoms with Gasteiger partial charge in [0.1, 0.15) is 5.75 Å². The molecule has 1 unspecified atom stereocenters. The summed E-state index contributed by atoms with van der Waals surface area (Å²) in [7, 11) is 0. The largest absolute Gasteiger partial charge is 0.493 e. The van der Waals surface area contributed by atoms with E-state index >= 15 is 0 Å². The highest BCUT2D eigenvalue weighted by Gasteiger charge is 2.26. The maximum atomic E-state index is 6.11. The van der Waals surface area contributed by atoms with Gasteiger partial charge in [0.2, 0.25) is 0 Å². The lowest BCUT2D eigenvalue weighted by atomic mass is 9.74. The zero-order valence-corrected chi connectivity index (χ0v) is 13.9. The Morgan fingerprint density at radius 3 is 2.52 bits per heavy atom. The Bertz CT molecular complexity index is 435. The van der Waals surface area contributed by atoms with Gasteiger partial charge in [-0.15, -0.1) is 0 Å². The lowest BCUT2D eigenvalue weighted by Crippen LogP contribution is -2.25. The quantitative estimate of drug-likeness (QED) is 0.827. The lowest BCUT2D eigenvalue weighted by Gasteiger charge is -2.32. The predicted molar refractivity (Wildman–Crippen MR) is 89.9 cm³/mol. The van der Waals surface area contributed by atoms with Crippen LogP contribution in [0.3, 0.4) is 0 Å². The molecule has 1 aliphatic carbocycles. The van der Waals surface area contributed by atoms with E-state index in [1.807, 2.05) is 0 Å². The van der Waals surface area contributed by atoms with E-state index < -0.39 is 0 Å². The Labute approximate surface area is 130 Å². The normalized spacial score (nSPS) is 23.8. The summed E-state index contributed by atoms with van der Waals surface area (Å²) in [5.74, 6) is 3.18. The van der Waals surface area contributed by atoms with Crippen LogP contribution in [-0.4, -0.2) is 13.2 Å². The average molecular weight is 289 g/mol. The number of hydrogen-bond donors (Lipinski definition) is 1. The van der Waals surface area contributed by atoms with Gasteiger partial charge in [0, 0.05) is 0 Å². The first-order valence-corrected chi connectivity index (χ1v) is 8.59. The zero-order valence-electron chi connectivity index (χ0n) is 13.9. The second-order valence-electron chi connectivity index (χ2n) is 6.74. The number of nitrogens with two attached hydrogens (primary N) is 1. The summed E-state index contributed by atoms with van der Waals surface area (Å²) in [6.45, 7) is 8.20. The Balaban J connectivity index is 2.09. The minimum atomic E-state index is 0.511. The van der Waals surface area contributed by atoms with Crippen molar-refractivity contribution in [1.82, 2.24) is 0 Å². The molecule has 1 saturated carbocycles. The molecule has 0 heterocycles. The van der Waals surface area contributed by atoms with Crippen LogP contribution in [0.1, 0.15) is 63.0 Å². The van der Waals surface area contributed by atoms with E-state index in [4.69, 9.17) is 10.5 Å². The van der Waals surface area contributed by atoms with E-state index in [1.54, 1.807) is 0 Å². The summed E-state index contributed by atoms with van der Waals surface area (Å²) in [6, 6.07) is 6.66. The zero-order chi connectivity index (χ0) is 15.2. The van der Waals surface area contributed by atoms with Gasteiger partial charge < -0.3 is 10.5 Å². The first kappa shape index (κ1) is 16.4. The van der Waals surface area contributed by atoms with Crippen molar-refractivity contribution in [2.75, 3.05) is 13.2 Å². The van der Waals surface area contributed by atoms with Gasteiger partial charge >= 0.3 is 0 Å². The van der Waals surface area contributed by atoms with Crippen molar-refractivity contribution in [1.29, 1.82) is 0 Å². The lowest BCUT2D eigenvalue weighted by molar-refractivity contribution is 0.255. The Hall–Kier alpha value is -1.02. The molecule has 0 spiro atoms. The van der Waals surface area contributed by atoms with Crippen LogP contribution >= 0.6 is 0 Å². The number of benzene rings is 1. The van der Waals surface area contributed by atoms with Crippen LogP contribution in [0.15, 0.2) is 18.2 Å². The van der Waals surface area contributed by atoms with Gasteiger partial charge in [-0.1, -0.05) is 38.8 Å². The Morgan fingerprint density at radius 2 is 1.95 bits per heavy atom. The van der Waals surface area contributed by atoms with E-state index in [2.05, 4.69) is 39.0 Å². The molecule has 21 heavy (non-hydrogen) atoms. The Morgan fingerprint density at radius 1 is 1.24 bits per heavy atom. The molecule has 0 aromatic heterocycles. The minimum absolute atomic E-state index is 0.511. The van der Waals surface area contributed by atoms with Crippen molar-refractivity contribution in [3.8, 4) is 5.75 Å². The van der Waals surface area contributed by atoms with Gasteiger partial charge in [0.15, 0.2) is 0 Å². The van der Waals surface area contributed by atoms with Gasteiger partial charge in [0.25, 0.3) is 0 Å². The van der Waals surface area contributed by atoms with Crippen molar-refractivity contribution < 1.29 is 4.74 Å². The highest BCUT2D eigenvalue weighted by atomic mass is 16.5. The molecule has 0 amide bonds. The number of hydrogen-bond acceptors (Lipinski definition) is 2. The molecular weight excluding hydrogens is 258 g/mol. The molecule has 0 bridgehead atoms. The summed E-state index contributed by atoms with van der Waals surface area (Å²) in [5, 5.41) is 0. The van der Waals surface area contributed by atoms with Crippen LogP contribution < -0.4 is 10.5 Å². The van der Waals surface area contributed by atoms with Crippen LogP contribution in [0.4, 0.5) is 0 Å². The standard InChI is InChI=1S/C19H31NO/c1-4-11-21-19-10-9-17(12-15(19)3)18(13-20)16-7-5-14(2)6-8-16/h9-10,12,14,16,18H,4-8,11,13,20H2,1-3H3. The van der Waals surface area contributed by atoms with Crippen molar-refractivity contribution in [2.24, 2.45) is 17.6 Å². The van der Waals surface area contributed by atoms with Crippen LogP contribution in [0.2, 0.25) is 0 Å². The number of rotatable bonds is 6. The van der Waals surface area contributed by atoms with E-state index in [0.717, 1.165) is 37.2 Å². The third-order valence-corrected chi connectivity index (χ3v) is 4.97. The van der Waals surface area contributed by atoms with Gasteiger partial charge in [-0.05, 0) is 67.7 Å². The monoisotopic (exact) mass is 289 g/mol. The number of aryl methyl sites for hydroxylation is 1. The molecule has 0 radical (unpaired) electrons. The summed E-state index contributed by atoms with van der Waals surface area (Å²) in [6.07, 6.45) is 6.43. The summed E-state index contributed by atoms with van der Waals surface area (Å²) in [5.41, 5.74) is 8.75. The maximum absolute atomic E-state index is 6.11. The molecule has 2 nitrogen and oxygen atoms in total. The predicted octanol–water partition coefficient (Wildman–Crippen LogP) is 4.65. The van der Waals surface area contributed by atoms with Gasteiger partial charge in [0.05, 0.1) is 6.61 Å². The molecule has 2 N–H and O–H groups in total. The molecule has 2 rings (SSSR count). The molecule has 1 aromatic rings. The van der Waals surface area contributed by atoms with Crippen LogP contribution in [0.5, 0.6) is 5.75 Å². The SMILES string of the molecule is CCCOc1ccc(C(CN)C2CCC(C)CC2)cc1C. The van der Waals surface area contributed by atoms with E-state index in [0.29, 0.717) is 5.92 Å². The van der Waals surface area contributed by atoms with Crippen molar-refractivity contribution in [3.05, 3.63) is 29.3 Å². The fourth-order valence-electron chi connectivity index (χ4n) is 3.57. The molecule has 2 heteroatoms. The summed E-state index contributed by atoms with van der Waals surface area (Å²) >= 11 is 0. The van der Waals surface area contributed by atoms with E-state index in [1.165, 1.54) is 36.8 Å². The molecular formula is C19H31NO. The van der Waals surface area contributed by atoms with Gasteiger partial charge in [-0.25, -0.2) is 0 Å². The van der Waals surface area contributed by atoms with Crippen LogP contribution in [-0.2, 0) is 0 Å². The molecule has 1 fully saturated rings. The van der Waals surface area contributed by atoms with Crippen molar-refractivity contribution in [3.63, 3.8) is 0 Å². The molecule has 118 valence electrons. The summed E-state index contributed by atoms with van der Waals surface area (Å²) in [4.78, 5) is 0. The second-order valence-corrected chi connectivity index (χ2v) is 6.74. The highest BCUT2D eigenvalue weighted by Crippen LogP contribution is 2.38. The highest BCUT2D eigenvalue weighted by molar-refractivity contribution is 5.38. The topological polar surface area (TPSA) is 35.2 Å². The molecule has 1 atom stereocenters. The van der Waals surface area contributed by atoms with Gasteiger partial charge in [-0.3, -0.25) is 0 Å². The van der Waals surface area contributed by atoms with Crippen molar-refractivity contribution >= 4 is 0 Å². The summed E-state index contributed by atoms with van der Waals surface area (Å²) < 4.78 is 5.78. The number of ether oxygens (including phenoxy) is 1. The third kappa shape index (κ3) is 4.23. The Kier molecular flexibility index (Phi) is 6.10. The van der Waals surface area contributed by atoms with E-state index in [-0.39, 0.29) is 0 Å². The fraction of sp³-hybridized carbons (Fsp3) is 0.684. The molecule has 1 aliphatic rings. The van der Waals surface area contributed by atoms with Crippen LogP contribution in [0.25, 0.3) is 0 Å². The molecule has 1 aromatic carbocycles. The minimum Gasteiger partial charge on any atom is -0.493 e. The van der Waals surface area contributed by atoms with Crippen molar-refractivity contribution in [2.45, 2.75) is 58.8 Å². The molecule has 0 saturated heterocycles. The maximum Gasteiger partial charge on any atom is 0.122 e. The third-order valence-electron chi connectivity index (χ3n) is 4.97. The van der Waals surface area contributed by atoms with E-state index in [9.17, 15) is 0 Å². The smallest absolute Gasteiger partial charge is 0.122 e. The van der Waals surface area contributed by atoms with Crippen LogP contribution in [0, 0.1) is 18.8 Å². The average Bonchev–Trinajstić information content (AvgIpc) is 2.49.